The highest BCUT2D eigenvalue weighted by molar-refractivity contribution is 5.27. The second-order valence-electron chi connectivity index (χ2n) is 9.04. The Morgan fingerprint density at radius 1 is 1.15 bits per heavy atom. The average Bonchev–Trinajstić information content (AvgIpc) is 2.54. The number of rotatable bonds is 9. The number of hydrogen-bond acceptors (Lipinski definition) is 3. The van der Waals surface area contributed by atoms with Crippen molar-refractivity contribution < 1.29 is 9.47 Å². The van der Waals surface area contributed by atoms with E-state index in [9.17, 15) is 0 Å². The van der Waals surface area contributed by atoms with Crippen molar-refractivity contribution in [2.24, 2.45) is 17.8 Å². The van der Waals surface area contributed by atoms with E-state index >= 15 is 0 Å². The fraction of sp³-hybridized carbons (Fsp3) is 0.739. The molecule has 0 bridgehead atoms. The highest BCUT2D eigenvalue weighted by Crippen LogP contribution is 2.37. The number of hydrogen-bond donors (Lipinski definition) is 1. The van der Waals surface area contributed by atoms with Crippen LogP contribution in [0.3, 0.4) is 0 Å². The SMILES string of the molecule is CC(C)Oc1ccc(CNCC[C@H](C(C)C)[C@@H]2CCOC(C)(C)C2)cc1. The highest BCUT2D eigenvalue weighted by Gasteiger charge is 2.34. The Labute approximate surface area is 160 Å². The van der Waals surface area contributed by atoms with Gasteiger partial charge in [-0.2, -0.15) is 0 Å². The maximum atomic E-state index is 5.92. The van der Waals surface area contributed by atoms with Gasteiger partial charge in [-0.3, -0.25) is 0 Å². The summed E-state index contributed by atoms with van der Waals surface area (Å²) >= 11 is 0. The lowest BCUT2D eigenvalue weighted by molar-refractivity contribution is -0.0867. The van der Waals surface area contributed by atoms with Crippen molar-refractivity contribution in [2.75, 3.05) is 13.2 Å². The fourth-order valence-electron chi connectivity index (χ4n) is 4.22. The Balaban J connectivity index is 1.77. The van der Waals surface area contributed by atoms with E-state index in [1.165, 1.54) is 24.8 Å². The molecule has 0 amide bonds. The van der Waals surface area contributed by atoms with E-state index in [2.05, 4.69) is 71.1 Å². The Hall–Kier alpha value is -1.06. The first-order valence-corrected chi connectivity index (χ1v) is 10.4. The van der Waals surface area contributed by atoms with E-state index in [4.69, 9.17) is 9.47 Å². The summed E-state index contributed by atoms with van der Waals surface area (Å²) in [5.74, 6) is 3.23. The van der Waals surface area contributed by atoms with Gasteiger partial charge in [0.2, 0.25) is 0 Å². The lowest BCUT2D eigenvalue weighted by Crippen LogP contribution is -2.38. The third-order valence-corrected chi connectivity index (χ3v) is 5.48. The van der Waals surface area contributed by atoms with Gasteiger partial charge in [0.25, 0.3) is 0 Å². The summed E-state index contributed by atoms with van der Waals surface area (Å²) in [7, 11) is 0. The predicted octanol–water partition coefficient (Wildman–Crippen LogP) is 5.43. The normalized spacial score (nSPS) is 21.2. The van der Waals surface area contributed by atoms with Crippen molar-refractivity contribution in [1.82, 2.24) is 5.32 Å². The maximum Gasteiger partial charge on any atom is 0.119 e. The fourth-order valence-corrected chi connectivity index (χ4v) is 4.22. The smallest absolute Gasteiger partial charge is 0.119 e. The first-order chi connectivity index (χ1) is 12.3. The Bertz CT molecular complexity index is 522. The molecule has 2 atom stereocenters. The molecule has 0 radical (unpaired) electrons. The lowest BCUT2D eigenvalue weighted by atomic mass is 9.73. The molecule has 3 nitrogen and oxygen atoms in total. The van der Waals surface area contributed by atoms with Gasteiger partial charge >= 0.3 is 0 Å². The molecular weight excluding hydrogens is 322 g/mol. The van der Waals surface area contributed by atoms with Gasteiger partial charge in [-0.05, 0) is 89.0 Å². The van der Waals surface area contributed by atoms with Crippen molar-refractivity contribution in [3.8, 4) is 5.75 Å². The van der Waals surface area contributed by atoms with Gasteiger partial charge < -0.3 is 14.8 Å². The van der Waals surface area contributed by atoms with E-state index < -0.39 is 0 Å². The van der Waals surface area contributed by atoms with Gasteiger partial charge in [-0.15, -0.1) is 0 Å². The zero-order valence-electron chi connectivity index (χ0n) is 17.7. The van der Waals surface area contributed by atoms with Crippen LogP contribution >= 0.6 is 0 Å². The minimum atomic E-state index is 0.0449. The van der Waals surface area contributed by atoms with Crippen LogP contribution < -0.4 is 10.1 Å². The molecule has 1 aromatic rings. The van der Waals surface area contributed by atoms with Crippen LogP contribution in [0.15, 0.2) is 24.3 Å². The van der Waals surface area contributed by atoms with Gasteiger partial charge in [-0.25, -0.2) is 0 Å². The molecule has 148 valence electrons. The van der Waals surface area contributed by atoms with Crippen LogP contribution in [0.25, 0.3) is 0 Å². The summed E-state index contributed by atoms with van der Waals surface area (Å²) in [6, 6.07) is 8.45. The molecule has 0 aromatic heterocycles. The second-order valence-corrected chi connectivity index (χ2v) is 9.04. The summed E-state index contributed by atoms with van der Waals surface area (Å²) < 4.78 is 11.6. The Morgan fingerprint density at radius 3 is 2.42 bits per heavy atom. The third-order valence-electron chi connectivity index (χ3n) is 5.48. The van der Waals surface area contributed by atoms with Crippen LogP contribution in [-0.4, -0.2) is 24.9 Å². The zero-order chi connectivity index (χ0) is 19.2. The largest absolute Gasteiger partial charge is 0.491 e. The second kappa shape index (κ2) is 9.75. The molecule has 1 heterocycles. The maximum absolute atomic E-state index is 5.92. The lowest BCUT2D eigenvalue weighted by Gasteiger charge is -2.40. The highest BCUT2D eigenvalue weighted by atomic mass is 16.5. The van der Waals surface area contributed by atoms with Crippen molar-refractivity contribution in [3.05, 3.63) is 29.8 Å². The van der Waals surface area contributed by atoms with Crippen molar-refractivity contribution in [2.45, 2.75) is 79.1 Å². The molecule has 1 saturated heterocycles. The molecule has 1 N–H and O–H groups in total. The van der Waals surface area contributed by atoms with Gasteiger partial charge in [0.05, 0.1) is 11.7 Å². The molecule has 1 aliphatic rings. The third kappa shape index (κ3) is 6.92. The minimum absolute atomic E-state index is 0.0449. The summed E-state index contributed by atoms with van der Waals surface area (Å²) in [6.07, 6.45) is 3.87. The summed E-state index contributed by atoms with van der Waals surface area (Å²) in [5, 5.41) is 3.64. The van der Waals surface area contributed by atoms with Crippen LogP contribution in [0.4, 0.5) is 0 Å². The van der Waals surface area contributed by atoms with E-state index in [-0.39, 0.29) is 11.7 Å². The molecule has 1 fully saturated rings. The van der Waals surface area contributed by atoms with Gasteiger partial charge in [0, 0.05) is 13.2 Å². The standard InChI is InChI=1S/C23H39NO2/c1-17(2)22(20-12-14-25-23(5,6)15-20)11-13-24-16-19-7-9-21(10-8-19)26-18(3)4/h7-10,17-18,20,22,24H,11-16H2,1-6H3/t20-,22-/m1/s1. The average molecular weight is 362 g/mol. The summed E-state index contributed by atoms with van der Waals surface area (Å²) in [5.41, 5.74) is 1.36. The van der Waals surface area contributed by atoms with Gasteiger partial charge in [-0.1, -0.05) is 26.0 Å². The molecule has 2 rings (SSSR count). The van der Waals surface area contributed by atoms with Crippen molar-refractivity contribution in [3.63, 3.8) is 0 Å². The number of benzene rings is 1. The van der Waals surface area contributed by atoms with Crippen LogP contribution in [0.1, 0.15) is 66.4 Å². The van der Waals surface area contributed by atoms with Crippen molar-refractivity contribution in [1.29, 1.82) is 0 Å². The Kier molecular flexibility index (Phi) is 7.97. The molecule has 0 unspecified atom stereocenters. The molecule has 3 heteroatoms. The topological polar surface area (TPSA) is 30.5 Å². The van der Waals surface area contributed by atoms with E-state index in [1.807, 2.05) is 0 Å². The summed E-state index contributed by atoms with van der Waals surface area (Å²) in [4.78, 5) is 0. The van der Waals surface area contributed by atoms with Crippen LogP contribution in [-0.2, 0) is 11.3 Å². The first-order valence-electron chi connectivity index (χ1n) is 10.4. The van der Waals surface area contributed by atoms with Crippen LogP contribution in [0, 0.1) is 17.8 Å². The molecule has 26 heavy (non-hydrogen) atoms. The van der Waals surface area contributed by atoms with E-state index in [0.717, 1.165) is 43.2 Å². The monoisotopic (exact) mass is 361 g/mol. The van der Waals surface area contributed by atoms with Gasteiger partial charge in [0.1, 0.15) is 5.75 Å². The quantitative estimate of drug-likeness (QED) is 0.595. The van der Waals surface area contributed by atoms with E-state index in [0.29, 0.717) is 0 Å². The zero-order valence-corrected chi connectivity index (χ0v) is 17.7. The molecule has 0 saturated carbocycles. The number of nitrogens with one attached hydrogen (secondary N) is 1. The first kappa shape index (κ1) is 21.2. The van der Waals surface area contributed by atoms with Crippen LogP contribution in [0.2, 0.25) is 0 Å². The molecule has 1 aromatic carbocycles. The number of ether oxygens (including phenoxy) is 2. The van der Waals surface area contributed by atoms with Crippen LogP contribution in [0.5, 0.6) is 5.75 Å². The Morgan fingerprint density at radius 2 is 1.85 bits per heavy atom. The minimum Gasteiger partial charge on any atom is -0.491 e. The molecule has 0 aliphatic carbocycles. The molecule has 1 aliphatic heterocycles. The van der Waals surface area contributed by atoms with E-state index in [1.54, 1.807) is 0 Å². The molecular formula is C23H39NO2. The van der Waals surface area contributed by atoms with Gasteiger partial charge in [0.15, 0.2) is 0 Å². The van der Waals surface area contributed by atoms with Crippen molar-refractivity contribution >= 4 is 0 Å². The summed E-state index contributed by atoms with van der Waals surface area (Å²) in [6.45, 7) is 16.3. The predicted molar refractivity (Wildman–Crippen MR) is 110 cm³/mol. The molecule has 0 spiro atoms.